The van der Waals surface area contributed by atoms with E-state index >= 15 is 0 Å². The number of nitrogen functional groups attached to an aromatic ring is 1. The number of hydrogen-bond donors (Lipinski definition) is 1. The van der Waals surface area contributed by atoms with Crippen molar-refractivity contribution in [1.29, 1.82) is 0 Å². The van der Waals surface area contributed by atoms with Gasteiger partial charge in [0, 0.05) is 24.3 Å². The van der Waals surface area contributed by atoms with Crippen LogP contribution < -0.4 is 5.73 Å². The zero-order valence-corrected chi connectivity index (χ0v) is 11.6. The van der Waals surface area contributed by atoms with Crippen molar-refractivity contribution in [3.8, 4) is 5.95 Å². The molecule has 7 nitrogen and oxygen atoms in total. The molecule has 0 aliphatic heterocycles. The molecule has 0 saturated carbocycles. The van der Waals surface area contributed by atoms with Crippen molar-refractivity contribution < 1.29 is 0 Å². The van der Waals surface area contributed by atoms with Crippen molar-refractivity contribution in [2.75, 3.05) is 5.73 Å². The van der Waals surface area contributed by atoms with Gasteiger partial charge in [-0.05, 0) is 18.1 Å². The molecule has 0 radical (unpaired) electrons. The van der Waals surface area contributed by atoms with E-state index in [1.165, 1.54) is 5.56 Å². The maximum absolute atomic E-state index is 5.75. The number of hydrogen-bond acceptors (Lipinski definition) is 6. The summed E-state index contributed by atoms with van der Waals surface area (Å²) >= 11 is 0. The standard InChI is InChI=1S/C14H15N7/c1-2-10-3-4-11(17-8-10)7-12-18-13(15)20-14(19-12)21-6-5-16-9-21/h3-6,8-9H,2,7H2,1H3,(H2,15,18,19,20). The van der Waals surface area contributed by atoms with E-state index in [2.05, 4.69) is 37.9 Å². The van der Waals surface area contributed by atoms with Gasteiger partial charge in [0.15, 0.2) is 0 Å². The van der Waals surface area contributed by atoms with Crippen molar-refractivity contribution in [2.45, 2.75) is 19.8 Å². The molecule has 2 N–H and O–H groups in total. The van der Waals surface area contributed by atoms with E-state index < -0.39 is 0 Å². The molecular weight excluding hydrogens is 266 g/mol. The average Bonchev–Trinajstić information content (AvgIpc) is 3.02. The molecule has 0 bridgehead atoms. The Labute approximate surface area is 121 Å². The van der Waals surface area contributed by atoms with E-state index in [4.69, 9.17) is 5.73 Å². The van der Waals surface area contributed by atoms with Gasteiger partial charge in [0.05, 0.1) is 6.42 Å². The number of aromatic nitrogens is 6. The molecule has 3 heterocycles. The molecule has 0 atom stereocenters. The first kappa shape index (κ1) is 13.2. The van der Waals surface area contributed by atoms with Crippen LogP contribution >= 0.6 is 0 Å². The van der Waals surface area contributed by atoms with E-state index in [1.54, 1.807) is 23.3 Å². The second-order valence-corrected chi connectivity index (χ2v) is 4.57. The molecule has 3 rings (SSSR count). The fourth-order valence-corrected chi connectivity index (χ4v) is 1.93. The summed E-state index contributed by atoms with van der Waals surface area (Å²) in [5.41, 5.74) is 7.85. The Hall–Kier alpha value is -2.83. The van der Waals surface area contributed by atoms with Crippen LogP contribution in [0.2, 0.25) is 0 Å². The summed E-state index contributed by atoms with van der Waals surface area (Å²) in [7, 11) is 0. The van der Waals surface area contributed by atoms with Gasteiger partial charge in [0.1, 0.15) is 12.2 Å². The Balaban J connectivity index is 1.88. The maximum Gasteiger partial charge on any atom is 0.239 e. The molecule has 0 aliphatic carbocycles. The molecule has 0 amide bonds. The first-order chi connectivity index (χ1) is 10.2. The Bertz CT molecular complexity index is 720. The largest absolute Gasteiger partial charge is 0.368 e. The molecule has 0 unspecified atom stereocenters. The first-order valence-electron chi connectivity index (χ1n) is 6.67. The highest BCUT2D eigenvalue weighted by Gasteiger charge is 2.07. The molecule has 0 aromatic carbocycles. The summed E-state index contributed by atoms with van der Waals surface area (Å²) in [6, 6.07) is 4.04. The summed E-state index contributed by atoms with van der Waals surface area (Å²) < 4.78 is 1.69. The topological polar surface area (TPSA) is 95.4 Å². The van der Waals surface area contributed by atoms with E-state index in [-0.39, 0.29) is 5.95 Å². The van der Waals surface area contributed by atoms with Crippen LogP contribution in [-0.2, 0) is 12.8 Å². The molecule has 3 aromatic heterocycles. The third kappa shape index (κ3) is 3.02. The summed E-state index contributed by atoms with van der Waals surface area (Å²) in [5, 5.41) is 0. The molecule has 106 valence electrons. The van der Waals surface area contributed by atoms with Gasteiger partial charge >= 0.3 is 0 Å². The second kappa shape index (κ2) is 5.66. The van der Waals surface area contributed by atoms with Gasteiger partial charge in [0.2, 0.25) is 11.9 Å². The van der Waals surface area contributed by atoms with Gasteiger partial charge in [-0.3, -0.25) is 9.55 Å². The van der Waals surface area contributed by atoms with Crippen LogP contribution in [0.25, 0.3) is 5.95 Å². The summed E-state index contributed by atoms with van der Waals surface area (Å²) in [6.07, 6.45) is 8.39. The van der Waals surface area contributed by atoms with Gasteiger partial charge in [-0.25, -0.2) is 4.98 Å². The molecular formula is C14H15N7. The molecule has 3 aromatic rings. The minimum atomic E-state index is 0.189. The molecule has 0 saturated heterocycles. The lowest BCUT2D eigenvalue weighted by Gasteiger charge is -2.05. The molecule has 0 spiro atoms. The predicted octanol–water partition coefficient (Wildman–Crippen LogP) is 1.19. The molecule has 0 aliphatic rings. The van der Waals surface area contributed by atoms with E-state index in [0.717, 1.165) is 12.1 Å². The lowest BCUT2D eigenvalue weighted by molar-refractivity contribution is 0.841. The third-order valence-electron chi connectivity index (χ3n) is 3.06. The Morgan fingerprint density at radius 1 is 1.19 bits per heavy atom. The highest BCUT2D eigenvalue weighted by atomic mass is 15.2. The van der Waals surface area contributed by atoms with Crippen LogP contribution in [0.5, 0.6) is 0 Å². The Morgan fingerprint density at radius 3 is 2.76 bits per heavy atom. The number of anilines is 1. The number of nitrogens with two attached hydrogens (primary N) is 1. The summed E-state index contributed by atoms with van der Waals surface area (Å²) in [6.45, 7) is 2.10. The molecule has 21 heavy (non-hydrogen) atoms. The normalized spacial score (nSPS) is 10.7. The Morgan fingerprint density at radius 2 is 2.10 bits per heavy atom. The van der Waals surface area contributed by atoms with Crippen molar-refractivity contribution in [3.63, 3.8) is 0 Å². The van der Waals surface area contributed by atoms with Crippen LogP contribution in [0, 0.1) is 0 Å². The molecule has 7 heteroatoms. The van der Waals surface area contributed by atoms with Crippen molar-refractivity contribution in [3.05, 3.63) is 54.1 Å². The van der Waals surface area contributed by atoms with Crippen LogP contribution in [0.1, 0.15) is 24.0 Å². The van der Waals surface area contributed by atoms with Crippen LogP contribution in [0.15, 0.2) is 37.1 Å². The smallest absolute Gasteiger partial charge is 0.239 e. The highest BCUT2D eigenvalue weighted by molar-refractivity contribution is 5.25. The first-order valence-corrected chi connectivity index (χ1v) is 6.67. The summed E-state index contributed by atoms with van der Waals surface area (Å²) in [4.78, 5) is 21.0. The molecule has 0 fully saturated rings. The number of imidazole rings is 1. The third-order valence-corrected chi connectivity index (χ3v) is 3.06. The van der Waals surface area contributed by atoms with E-state index in [9.17, 15) is 0 Å². The van der Waals surface area contributed by atoms with Gasteiger partial charge in [0.25, 0.3) is 0 Å². The highest BCUT2D eigenvalue weighted by Crippen LogP contribution is 2.08. The lowest BCUT2D eigenvalue weighted by Crippen LogP contribution is -2.09. The van der Waals surface area contributed by atoms with Gasteiger partial charge in [-0.15, -0.1) is 0 Å². The van der Waals surface area contributed by atoms with Gasteiger partial charge < -0.3 is 5.73 Å². The van der Waals surface area contributed by atoms with Crippen LogP contribution in [-0.4, -0.2) is 29.5 Å². The number of pyridine rings is 1. The number of aryl methyl sites for hydroxylation is 1. The van der Waals surface area contributed by atoms with E-state index in [0.29, 0.717) is 18.2 Å². The van der Waals surface area contributed by atoms with Crippen LogP contribution in [0.3, 0.4) is 0 Å². The van der Waals surface area contributed by atoms with Crippen LogP contribution in [0.4, 0.5) is 5.95 Å². The minimum absolute atomic E-state index is 0.189. The monoisotopic (exact) mass is 281 g/mol. The average molecular weight is 281 g/mol. The van der Waals surface area contributed by atoms with Crippen molar-refractivity contribution in [2.24, 2.45) is 0 Å². The maximum atomic E-state index is 5.75. The minimum Gasteiger partial charge on any atom is -0.368 e. The zero-order chi connectivity index (χ0) is 14.7. The SMILES string of the molecule is CCc1ccc(Cc2nc(N)nc(-n3ccnc3)n2)nc1. The summed E-state index contributed by atoms with van der Waals surface area (Å²) in [5.74, 6) is 1.23. The van der Waals surface area contributed by atoms with Gasteiger partial charge in [-0.2, -0.15) is 15.0 Å². The lowest BCUT2D eigenvalue weighted by atomic mass is 10.2. The fraction of sp³-hybridized carbons (Fsp3) is 0.214. The Kier molecular flexibility index (Phi) is 3.55. The second-order valence-electron chi connectivity index (χ2n) is 4.57. The van der Waals surface area contributed by atoms with Crippen molar-refractivity contribution >= 4 is 5.95 Å². The quantitative estimate of drug-likeness (QED) is 0.771. The van der Waals surface area contributed by atoms with E-state index in [1.807, 2.05) is 12.3 Å². The number of nitrogens with zero attached hydrogens (tertiary/aromatic N) is 6. The van der Waals surface area contributed by atoms with Crippen molar-refractivity contribution in [1.82, 2.24) is 29.5 Å². The zero-order valence-electron chi connectivity index (χ0n) is 11.6. The van der Waals surface area contributed by atoms with Gasteiger partial charge in [-0.1, -0.05) is 13.0 Å². The fourth-order valence-electron chi connectivity index (χ4n) is 1.93. The predicted molar refractivity (Wildman–Crippen MR) is 77.8 cm³/mol. The number of rotatable bonds is 4.